The largest absolute Gasteiger partial charge is 0.490 e. The van der Waals surface area contributed by atoms with Gasteiger partial charge in [0.15, 0.2) is 5.75 Å². The van der Waals surface area contributed by atoms with E-state index in [-0.39, 0.29) is 23.6 Å². The van der Waals surface area contributed by atoms with Gasteiger partial charge in [-0.2, -0.15) is 0 Å². The fourth-order valence-electron chi connectivity index (χ4n) is 2.40. The van der Waals surface area contributed by atoms with Crippen LogP contribution in [0.15, 0.2) is 18.2 Å². The highest BCUT2D eigenvalue weighted by molar-refractivity contribution is 5.59. The number of morpholine rings is 1. The van der Waals surface area contributed by atoms with Crippen molar-refractivity contribution in [1.29, 1.82) is 0 Å². The molecule has 0 saturated carbocycles. The summed E-state index contributed by atoms with van der Waals surface area (Å²) in [6, 6.07) is 4.95. The molecule has 1 aliphatic rings. The zero-order chi connectivity index (χ0) is 14.0. The molecule has 6 nitrogen and oxygen atoms in total. The first-order valence-electron chi connectivity index (χ1n) is 6.24. The van der Waals surface area contributed by atoms with Crippen molar-refractivity contribution in [3.8, 4) is 5.75 Å². The van der Waals surface area contributed by atoms with Crippen LogP contribution in [-0.2, 0) is 4.74 Å². The monoisotopic (exact) mass is 266 g/mol. The van der Waals surface area contributed by atoms with Gasteiger partial charge in [0.25, 0.3) is 0 Å². The Hall–Kier alpha value is -1.82. The summed E-state index contributed by atoms with van der Waals surface area (Å²) in [6.07, 6.45) is 0.287. The Morgan fingerprint density at radius 2 is 2.00 bits per heavy atom. The quantitative estimate of drug-likeness (QED) is 0.620. The molecule has 0 N–H and O–H groups in total. The maximum absolute atomic E-state index is 10.9. The minimum absolute atomic E-state index is 0.0133. The molecule has 1 aromatic rings. The third kappa shape index (κ3) is 2.96. The Kier molecular flexibility index (Phi) is 3.90. The van der Waals surface area contributed by atoms with Crippen LogP contribution in [0.4, 0.5) is 11.4 Å². The highest BCUT2D eigenvalue weighted by Gasteiger charge is 2.24. The molecule has 6 heteroatoms. The van der Waals surface area contributed by atoms with Crippen molar-refractivity contribution in [3.05, 3.63) is 28.3 Å². The lowest BCUT2D eigenvalue weighted by Gasteiger charge is -2.36. The lowest BCUT2D eigenvalue weighted by molar-refractivity contribution is -0.385. The van der Waals surface area contributed by atoms with E-state index in [0.29, 0.717) is 0 Å². The first kappa shape index (κ1) is 13.6. The summed E-state index contributed by atoms with van der Waals surface area (Å²) in [7, 11) is 1.44. The number of anilines is 1. The van der Waals surface area contributed by atoms with Crippen LogP contribution in [0.1, 0.15) is 13.8 Å². The van der Waals surface area contributed by atoms with E-state index in [2.05, 4.69) is 4.90 Å². The Morgan fingerprint density at radius 1 is 1.37 bits per heavy atom. The van der Waals surface area contributed by atoms with Crippen molar-refractivity contribution in [2.75, 3.05) is 25.1 Å². The zero-order valence-electron chi connectivity index (χ0n) is 11.3. The van der Waals surface area contributed by atoms with E-state index >= 15 is 0 Å². The third-order valence-corrected chi connectivity index (χ3v) is 3.14. The Morgan fingerprint density at radius 3 is 2.53 bits per heavy atom. The minimum atomic E-state index is -0.437. The summed E-state index contributed by atoms with van der Waals surface area (Å²) in [6.45, 7) is 5.58. The second-order valence-corrected chi connectivity index (χ2v) is 4.78. The van der Waals surface area contributed by atoms with Crippen LogP contribution < -0.4 is 9.64 Å². The maximum Gasteiger partial charge on any atom is 0.311 e. The number of rotatable bonds is 3. The molecule has 2 atom stereocenters. The first-order chi connectivity index (χ1) is 9.01. The van der Waals surface area contributed by atoms with Gasteiger partial charge in [-0.25, -0.2) is 0 Å². The van der Waals surface area contributed by atoms with Gasteiger partial charge in [0.05, 0.1) is 24.2 Å². The fraction of sp³-hybridized carbons (Fsp3) is 0.538. The molecule has 0 unspecified atom stereocenters. The van der Waals surface area contributed by atoms with Gasteiger partial charge in [-0.05, 0) is 19.9 Å². The van der Waals surface area contributed by atoms with Crippen molar-refractivity contribution in [2.24, 2.45) is 0 Å². The van der Waals surface area contributed by atoms with Crippen LogP contribution in [0.5, 0.6) is 5.75 Å². The normalized spacial score (nSPS) is 23.2. The van der Waals surface area contributed by atoms with E-state index in [1.165, 1.54) is 13.2 Å². The Balaban J connectivity index is 2.27. The number of nitro groups is 1. The van der Waals surface area contributed by atoms with Gasteiger partial charge in [0.1, 0.15) is 0 Å². The topological polar surface area (TPSA) is 64.8 Å². The van der Waals surface area contributed by atoms with E-state index in [4.69, 9.17) is 9.47 Å². The predicted octanol–water partition coefficient (Wildman–Crippen LogP) is 2.22. The molecule has 1 aromatic carbocycles. The van der Waals surface area contributed by atoms with Crippen LogP contribution in [0.3, 0.4) is 0 Å². The zero-order valence-corrected chi connectivity index (χ0v) is 11.3. The summed E-state index contributed by atoms with van der Waals surface area (Å²) in [4.78, 5) is 12.6. The van der Waals surface area contributed by atoms with Crippen LogP contribution >= 0.6 is 0 Å². The van der Waals surface area contributed by atoms with E-state index in [1.54, 1.807) is 12.1 Å². The molecule has 1 fully saturated rings. The Labute approximate surface area is 112 Å². The van der Waals surface area contributed by atoms with Crippen molar-refractivity contribution in [3.63, 3.8) is 0 Å². The summed E-state index contributed by atoms with van der Waals surface area (Å²) >= 11 is 0. The number of nitrogens with zero attached hydrogens (tertiary/aromatic N) is 2. The average Bonchev–Trinajstić information content (AvgIpc) is 2.36. The van der Waals surface area contributed by atoms with Gasteiger partial charge in [-0.3, -0.25) is 10.1 Å². The molecule has 0 amide bonds. The molecule has 1 heterocycles. The van der Waals surface area contributed by atoms with E-state index < -0.39 is 4.92 Å². The molecule has 0 aromatic heterocycles. The maximum atomic E-state index is 10.9. The molecule has 104 valence electrons. The highest BCUT2D eigenvalue weighted by Crippen LogP contribution is 2.32. The molecule has 0 bridgehead atoms. The molecule has 0 aliphatic carbocycles. The molecule has 0 radical (unpaired) electrons. The second kappa shape index (κ2) is 5.44. The highest BCUT2D eigenvalue weighted by atomic mass is 16.6. The number of hydrogen-bond acceptors (Lipinski definition) is 5. The molecule has 1 saturated heterocycles. The number of nitro benzene ring substituents is 1. The molecule has 1 aliphatic heterocycles. The lowest BCUT2D eigenvalue weighted by Crippen LogP contribution is -2.45. The van der Waals surface area contributed by atoms with Gasteiger partial charge in [-0.15, -0.1) is 0 Å². The Bertz CT molecular complexity index is 468. The van der Waals surface area contributed by atoms with Crippen LogP contribution in [0, 0.1) is 10.1 Å². The number of hydrogen-bond donors (Lipinski definition) is 0. The van der Waals surface area contributed by atoms with Crippen LogP contribution in [-0.4, -0.2) is 37.3 Å². The van der Waals surface area contributed by atoms with Gasteiger partial charge < -0.3 is 14.4 Å². The summed E-state index contributed by atoms with van der Waals surface area (Å²) in [5.74, 6) is 0.286. The van der Waals surface area contributed by atoms with Gasteiger partial charge in [0.2, 0.25) is 0 Å². The SMILES string of the molecule is COc1cc(N2C[C@H](C)O[C@@H](C)C2)ccc1[N+](=O)[O-]. The summed E-state index contributed by atoms with van der Waals surface area (Å²) < 4.78 is 10.8. The summed E-state index contributed by atoms with van der Waals surface area (Å²) in [5, 5.41) is 10.9. The molecule has 19 heavy (non-hydrogen) atoms. The lowest BCUT2D eigenvalue weighted by atomic mass is 10.2. The summed E-state index contributed by atoms with van der Waals surface area (Å²) in [5.41, 5.74) is 0.907. The molecular weight excluding hydrogens is 248 g/mol. The fourth-order valence-corrected chi connectivity index (χ4v) is 2.40. The van der Waals surface area contributed by atoms with E-state index in [9.17, 15) is 10.1 Å². The van der Waals surface area contributed by atoms with Crippen LogP contribution in [0.25, 0.3) is 0 Å². The third-order valence-electron chi connectivity index (χ3n) is 3.14. The number of methoxy groups -OCH3 is 1. The second-order valence-electron chi connectivity index (χ2n) is 4.78. The van der Waals surface area contributed by atoms with Crippen molar-refractivity contribution in [2.45, 2.75) is 26.1 Å². The standard InChI is InChI=1S/C13H18N2O4/c1-9-7-14(8-10(2)19-9)11-4-5-12(15(16)17)13(6-11)18-3/h4-6,9-10H,7-8H2,1-3H3/t9-,10-/m0/s1. The minimum Gasteiger partial charge on any atom is -0.490 e. The first-order valence-corrected chi connectivity index (χ1v) is 6.24. The molecular formula is C13H18N2O4. The van der Waals surface area contributed by atoms with Gasteiger partial charge in [0, 0.05) is 30.9 Å². The molecule has 2 rings (SSSR count). The number of benzene rings is 1. The average molecular weight is 266 g/mol. The predicted molar refractivity (Wildman–Crippen MR) is 71.9 cm³/mol. The van der Waals surface area contributed by atoms with Crippen molar-refractivity contribution < 1.29 is 14.4 Å². The number of ether oxygens (including phenoxy) is 2. The van der Waals surface area contributed by atoms with Gasteiger partial charge >= 0.3 is 5.69 Å². The molecule has 0 spiro atoms. The van der Waals surface area contributed by atoms with Crippen LogP contribution in [0.2, 0.25) is 0 Å². The smallest absolute Gasteiger partial charge is 0.311 e. The van der Waals surface area contributed by atoms with E-state index in [1.807, 2.05) is 13.8 Å². The van der Waals surface area contributed by atoms with Crippen molar-refractivity contribution >= 4 is 11.4 Å². The van der Waals surface area contributed by atoms with E-state index in [0.717, 1.165) is 18.8 Å². The van der Waals surface area contributed by atoms with Crippen molar-refractivity contribution in [1.82, 2.24) is 0 Å². The van der Waals surface area contributed by atoms with Gasteiger partial charge in [-0.1, -0.05) is 0 Å².